The van der Waals surface area contributed by atoms with E-state index in [1.165, 1.54) is 11.3 Å². The molecule has 1 fully saturated rings. The Bertz CT molecular complexity index is 373. The fraction of sp³-hybridized carbons (Fsp3) is 0.500. The molecule has 15 heavy (non-hydrogen) atoms. The minimum atomic E-state index is 0.510. The SMILES string of the molecule is N#Cc1sc(NC2CCNCC2)cc1N. The van der Waals surface area contributed by atoms with Crippen LogP contribution in [0.25, 0.3) is 0 Å². The van der Waals surface area contributed by atoms with Gasteiger partial charge in [0.1, 0.15) is 10.9 Å². The summed E-state index contributed by atoms with van der Waals surface area (Å²) < 4.78 is 0. The number of nitrogen functional groups attached to an aromatic ring is 1. The zero-order chi connectivity index (χ0) is 10.7. The summed E-state index contributed by atoms with van der Waals surface area (Å²) >= 11 is 1.44. The second-order valence-corrected chi connectivity index (χ2v) is 4.73. The van der Waals surface area contributed by atoms with Crippen molar-refractivity contribution in [3.63, 3.8) is 0 Å². The highest BCUT2D eigenvalue weighted by Gasteiger charge is 2.14. The average molecular weight is 222 g/mol. The molecule has 0 spiro atoms. The third-order valence-electron chi connectivity index (χ3n) is 2.55. The van der Waals surface area contributed by atoms with Gasteiger partial charge in [-0.25, -0.2) is 0 Å². The van der Waals surface area contributed by atoms with Gasteiger partial charge in [-0.05, 0) is 32.0 Å². The van der Waals surface area contributed by atoms with E-state index >= 15 is 0 Å². The lowest BCUT2D eigenvalue weighted by Gasteiger charge is -2.23. The van der Waals surface area contributed by atoms with Crippen LogP contribution < -0.4 is 16.4 Å². The van der Waals surface area contributed by atoms with E-state index in [0.717, 1.165) is 30.9 Å². The van der Waals surface area contributed by atoms with Gasteiger partial charge < -0.3 is 16.4 Å². The van der Waals surface area contributed by atoms with Gasteiger partial charge in [0.15, 0.2) is 0 Å². The summed E-state index contributed by atoms with van der Waals surface area (Å²) in [5.74, 6) is 0. The minimum absolute atomic E-state index is 0.510. The molecule has 80 valence electrons. The van der Waals surface area contributed by atoms with Crippen molar-refractivity contribution in [1.82, 2.24) is 5.32 Å². The van der Waals surface area contributed by atoms with Crippen molar-refractivity contribution in [2.45, 2.75) is 18.9 Å². The number of nitrogens with two attached hydrogens (primary N) is 1. The monoisotopic (exact) mass is 222 g/mol. The van der Waals surface area contributed by atoms with Crippen LogP contribution in [0, 0.1) is 11.3 Å². The molecule has 0 atom stereocenters. The molecule has 0 radical (unpaired) electrons. The molecule has 0 unspecified atom stereocenters. The van der Waals surface area contributed by atoms with E-state index in [9.17, 15) is 0 Å². The minimum Gasteiger partial charge on any atom is -0.397 e. The summed E-state index contributed by atoms with van der Waals surface area (Å²) in [7, 11) is 0. The zero-order valence-electron chi connectivity index (χ0n) is 8.42. The van der Waals surface area contributed by atoms with Crippen molar-refractivity contribution in [2.75, 3.05) is 24.1 Å². The fourth-order valence-electron chi connectivity index (χ4n) is 1.73. The van der Waals surface area contributed by atoms with E-state index in [-0.39, 0.29) is 0 Å². The fourth-order valence-corrected chi connectivity index (χ4v) is 2.58. The van der Waals surface area contributed by atoms with Crippen molar-refractivity contribution in [1.29, 1.82) is 5.26 Å². The normalized spacial score (nSPS) is 17.3. The van der Waals surface area contributed by atoms with Gasteiger partial charge in [0.05, 0.1) is 10.7 Å². The van der Waals surface area contributed by atoms with Gasteiger partial charge in [-0.1, -0.05) is 0 Å². The molecule has 4 N–H and O–H groups in total. The van der Waals surface area contributed by atoms with E-state index in [1.807, 2.05) is 6.07 Å². The molecule has 1 aromatic heterocycles. The Morgan fingerprint density at radius 1 is 1.53 bits per heavy atom. The number of piperidine rings is 1. The summed E-state index contributed by atoms with van der Waals surface area (Å²) in [6.07, 6.45) is 2.25. The smallest absolute Gasteiger partial charge is 0.129 e. The van der Waals surface area contributed by atoms with Gasteiger partial charge in [0.2, 0.25) is 0 Å². The molecule has 5 heteroatoms. The Morgan fingerprint density at radius 3 is 2.87 bits per heavy atom. The van der Waals surface area contributed by atoms with Crippen molar-refractivity contribution >= 4 is 22.0 Å². The maximum Gasteiger partial charge on any atom is 0.129 e. The lowest BCUT2D eigenvalue weighted by atomic mass is 10.1. The van der Waals surface area contributed by atoms with E-state index < -0.39 is 0 Å². The van der Waals surface area contributed by atoms with Crippen LogP contribution in [0.5, 0.6) is 0 Å². The lowest BCUT2D eigenvalue weighted by molar-refractivity contribution is 0.480. The highest BCUT2D eigenvalue weighted by atomic mass is 32.1. The largest absolute Gasteiger partial charge is 0.397 e. The molecular weight excluding hydrogens is 208 g/mol. The average Bonchev–Trinajstić information content (AvgIpc) is 2.60. The second kappa shape index (κ2) is 4.51. The standard InChI is InChI=1S/C10H14N4S/c11-6-9-8(12)5-10(15-9)14-7-1-3-13-4-2-7/h5,7,13-14H,1-4,12H2. The summed E-state index contributed by atoms with van der Waals surface area (Å²) in [6, 6.07) is 4.46. The molecular formula is C10H14N4S. The van der Waals surface area contributed by atoms with Crippen LogP contribution in [0.3, 0.4) is 0 Å². The molecule has 4 nitrogen and oxygen atoms in total. The molecule has 0 aliphatic carbocycles. The first kappa shape index (κ1) is 10.3. The highest BCUT2D eigenvalue weighted by molar-refractivity contribution is 7.17. The Kier molecular flexibility index (Phi) is 3.09. The van der Waals surface area contributed by atoms with Gasteiger partial charge in [-0.15, -0.1) is 11.3 Å². The number of hydrogen-bond donors (Lipinski definition) is 3. The summed E-state index contributed by atoms with van der Waals surface area (Å²) in [5.41, 5.74) is 6.27. The molecule has 1 aliphatic rings. The van der Waals surface area contributed by atoms with Crippen LogP contribution in [0.15, 0.2) is 6.07 Å². The Morgan fingerprint density at radius 2 is 2.27 bits per heavy atom. The molecule has 0 amide bonds. The Labute approximate surface area is 93.1 Å². The van der Waals surface area contributed by atoms with Crippen LogP contribution in [0.1, 0.15) is 17.7 Å². The van der Waals surface area contributed by atoms with E-state index in [0.29, 0.717) is 16.6 Å². The first-order valence-corrected chi connectivity index (χ1v) is 5.88. The zero-order valence-corrected chi connectivity index (χ0v) is 9.23. The lowest BCUT2D eigenvalue weighted by Crippen LogP contribution is -2.35. The maximum absolute atomic E-state index is 8.78. The van der Waals surface area contributed by atoms with Crippen LogP contribution in [0.2, 0.25) is 0 Å². The van der Waals surface area contributed by atoms with Crippen molar-refractivity contribution in [3.8, 4) is 6.07 Å². The molecule has 0 aromatic carbocycles. The van der Waals surface area contributed by atoms with Gasteiger partial charge in [-0.3, -0.25) is 0 Å². The number of nitrogens with one attached hydrogen (secondary N) is 2. The molecule has 2 rings (SSSR count). The topological polar surface area (TPSA) is 73.9 Å². The van der Waals surface area contributed by atoms with Gasteiger partial charge in [0, 0.05) is 6.04 Å². The summed E-state index contributed by atoms with van der Waals surface area (Å²) in [6.45, 7) is 2.12. The summed E-state index contributed by atoms with van der Waals surface area (Å²) in [5, 5.41) is 16.5. The third kappa shape index (κ3) is 2.41. The van der Waals surface area contributed by atoms with Crippen LogP contribution >= 0.6 is 11.3 Å². The number of rotatable bonds is 2. The van der Waals surface area contributed by atoms with E-state index in [2.05, 4.69) is 16.7 Å². The molecule has 0 bridgehead atoms. The van der Waals surface area contributed by atoms with Crippen molar-refractivity contribution in [2.24, 2.45) is 0 Å². The first-order chi connectivity index (χ1) is 7.29. The number of anilines is 2. The third-order valence-corrected chi connectivity index (χ3v) is 3.53. The van der Waals surface area contributed by atoms with Gasteiger partial charge >= 0.3 is 0 Å². The van der Waals surface area contributed by atoms with Gasteiger partial charge in [0.25, 0.3) is 0 Å². The molecule has 1 saturated heterocycles. The molecule has 0 saturated carbocycles. The number of thiophene rings is 1. The second-order valence-electron chi connectivity index (χ2n) is 3.68. The van der Waals surface area contributed by atoms with Crippen LogP contribution in [0.4, 0.5) is 10.7 Å². The highest BCUT2D eigenvalue weighted by Crippen LogP contribution is 2.29. The van der Waals surface area contributed by atoms with Crippen LogP contribution in [-0.4, -0.2) is 19.1 Å². The molecule has 1 aromatic rings. The van der Waals surface area contributed by atoms with Crippen molar-refractivity contribution in [3.05, 3.63) is 10.9 Å². The quantitative estimate of drug-likeness (QED) is 0.706. The van der Waals surface area contributed by atoms with Crippen LogP contribution in [-0.2, 0) is 0 Å². The summed E-state index contributed by atoms with van der Waals surface area (Å²) in [4.78, 5) is 0.603. The number of nitriles is 1. The number of nitrogens with zero attached hydrogens (tertiary/aromatic N) is 1. The Hall–Kier alpha value is -1.25. The maximum atomic E-state index is 8.78. The predicted octanol–water partition coefficient (Wildman–Crippen LogP) is 1.37. The van der Waals surface area contributed by atoms with E-state index in [4.69, 9.17) is 11.0 Å². The Balaban J connectivity index is 2.01. The molecule has 1 aliphatic heterocycles. The van der Waals surface area contributed by atoms with Gasteiger partial charge in [-0.2, -0.15) is 5.26 Å². The molecule has 2 heterocycles. The van der Waals surface area contributed by atoms with E-state index in [1.54, 1.807) is 0 Å². The number of hydrogen-bond acceptors (Lipinski definition) is 5. The predicted molar refractivity (Wildman–Crippen MR) is 63.0 cm³/mol. The first-order valence-electron chi connectivity index (χ1n) is 5.06. The van der Waals surface area contributed by atoms with Crippen molar-refractivity contribution < 1.29 is 0 Å².